The number of nitro groups is 1. The molecule has 0 aromatic heterocycles. The third-order valence-corrected chi connectivity index (χ3v) is 4.21. The number of carbonyl (C=O) groups excluding carboxylic acids is 1. The van der Waals surface area contributed by atoms with Crippen molar-refractivity contribution in [2.45, 2.75) is 27.2 Å². The van der Waals surface area contributed by atoms with Crippen molar-refractivity contribution < 1.29 is 18.8 Å². The first-order valence-corrected chi connectivity index (χ1v) is 8.21. The van der Waals surface area contributed by atoms with Crippen LogP contribution in [-0.2, 0) is 4.79 Å². The summed E-state index contributed by atoms with van der Waals surface area (Å²) in [6, 6.07) is 2.24. The van der Waals surface area contributed by atoms with Crippen LogP contribution in [0.3, 0.4) is 0 Å². The Labute approximate surface area is 146 Å². The van der Waals surface area contributed by atoms with Gasteiger partial charge >= 0.3 is 0 Å². The molecule has 8 heteroatoms. The summed E-state index contributed by atoms with van der Waals surface area (Å²) in [7, 11) is 1.32. The molecule has 0 atom stereocenters. The van der Waals surface area contributed by atoms with Crippen LogP contribution in [0.25, 0.3) is 0 Å². The molecule has 0 unspecified atom stereocenters. The quantitative estimate of drug-likeness (QED) is 0.617. The van der Waals surface area contributed by atoms with Gasteiger partial charge in [-0.15, -0.1) is 0 Å². The van der Waals surface area contributed by atoms with Crippen LogP contribution in [0.4, 0.5) is 15.8 Å². The van der Waals surface area contributed by atoms with Gasteiger partial charge in [-0.2, -0.15) is 0 Å². The maximum Gasteiger partial charge on any atom is 0.295 e. The van der Waals surface area contributed by atoms with Crippen molar-refractivity contribution in [1.82, 2.24) is 4.90 Å². The number of benzene rings is 1. The van der Waals surface area contributed by atoms with E-state index in [1.54, 1.807) is 4.90 Å². The summed E-state index contributed by atoms with van der Waals surface area (Å²) in [6.07, 6.45) is 0.679. The number of hydrogen-bond donors (Lipinski definition) is 0. The fourth-order valence-electron chi connectivity index (χ4n) is 2.92. The minimum Gasteiger partial charge on any atom is -0.494 e. The zero-order valence-corrected chi connectivity index (χ0v) is 15.0. The second-order valence-electron chi connectivity index (χ2n) is 7.12. The number of anilines is 1. The lowest BCUT2D eigenvalue weighted by atomic mass is 9.94. The van der Waals surface area contributed by atoms with Gasteiger partial charge in [-0.05, 0) is 6.42 Å². The Balaban J connectivity index is 2.28. The summed E-state index contributed by atoms with van der Waals surface area (Å²) in [5.41, 5.74) is -0.456. The van der Waals surface area contributed by atoms with Crippen molar-refractivity contribution in [3.63, 3.8) is 0 Å². The normalized spacial score (nSPS) is 15.7. The van der Waals surface area contributed by atoms with Crippen LogP contribution >= 0.6 is 0 Å². The minimum atomic E-state index is -0.766. The maximum absolute atomic E-state index is 13.8. The Hall–Kier alpha value is -2.38. The summed E-state index contributed by atoms with van der Waals surface area (Å²) < 4.78 is 18.8. The van der Waals surface area contributed by atoms with Gasteiger partial charge in [0, 0.05) is 37.7 Å². The van der Waals surface area contributed by atoms with Crippen molar-refractivity contribution in [3.8, 4) is 5.75 Å². The molecule has 138 valence electrons. The SMILES string of the molecule is COc1cc(N2CCCN(C(=O)C(C)(C)C)CC2)c([N+](=O)[O-])cc1F. The molecular weight excluding hydrogens is 329 g/mol. The van der Waals surface area contributed by atoms with Gasteiger partial charge in [0.1, 0.15) is 5.69 Å². The summed E-state index contributed by atoms with van der Waals surface area (Å²) >= 11 is 0. The van der Waals surface area contributed by atoms with Crippen molar-refractivity contribution in [2.24, 2.45) is 5.41 Å². The first kappa shape index (κ1) is 19.0. The number of nitrogens with zero attached hydrogens (tertiary/aromatic N) is 3. The van der Waals surface area contributed by atoms with Crippen LogP contribution in [0.15, 0.2) is 12.1 Å². The van der Waals surface area contributed by atoms with Gasteiger partial charge in [0.2, 0.25) is 5.91 Å². The zero-order valence-electron chi connectivity index (χ0n) is 15.0. The molecule has 0 saturated carbocycles. The number of carbonyl (C=O) groups is 1. The number of hydrogen-bond acceptors (Lipinski definition) is 5. The van der Waals surface area contributed by atoms with Crippen molar-refractivity contribution in [1.29, 1.82) is 0 Å². The van der Waals surface area contributed by atoms with Crippen molar-refractivity contribution in [2.75, 3.05) is 38.2 Å². The topological polar surface area (TPSA) is 75.9 Å². The molecule has 0 N–H and O–H groups in total. The number of methoxy groups -OCH3 is 1. The van der Waals surface area contributed by atoms with E-state index in [1.165, 1.54) is 13.2 Å². The van der Waals surface area contributed by atoms with E-state index in [9.17, 15) is 19.3 Å². The number of amides is 1. The van der Waals surface area contributed by atoms with Crippen molar-refractivity contribution >= 4 is 17.3 Å². The second-order valence-corrected chi connectivity index (χ2v) is 7.12. The molecule has 1 heterocycles. The third kappa shape index (κ3) is 4.18. The number of nitro benzene ring substituents is 1. The first-order chi connectivity index (χ1) is 11.6. The largest absolute Gasteiger partial charge is 0.494 e. The van der Waals surface area contributed by atoms with E-state index in [1.807, 2.05) is 25.7 Å². The van der Waals surface area contributed by atoms with Gasteiger partial charge in [0.25, 0.3) is 5.69 Å². The maximum atomic E-state index is 13.8. The molecule has 1 aromatic carbocycles. The predicted octanol–water partition coefficient (Wildman–Crippen LogP) is 2.83. The number of rotatable bonds is 3. The van der Waals surface area contributed by atoms with Gasteiger partial charge < -0.3 is 14.5 Å². The average molecular weight is 353 g/mol. The molecule has 1 amide bonds. The highest BCUT2D eigenvalue weighted by molar-refractivity contribution is 5.81. The number of halogens is 1. The van der Waals surface area contributed by atoms with E-state index >= 15 is 0 Å². The highest BCUT2D eigenvalue weighted by Gasteiger charge is 2.30. The fourth-order valence-corrected chi connectivity index (χ4v) is 2.92. The van der Waals surface area contributed by atoms with E-state index in [2.05, 4.69) is 0 Å². The molecule has 7 nitrogen and oxygen atoms in total. The van der Waals surface area contributed by atoms with E-state index in [4.69, 9.17) is 4.74 Å². The zero-order chi connectivity index (χ0) is 18.8. The summed E-state index contributed by atoms with van der Waals surface area (Å²) in [5.74, 6) is -0.745. The Morgan fingerprint density at radius 3 is 2.48 bits per heavy atom. The van der Waals surface area contributed by atoms with Gasteiger partial charge in [0.05, 0.1) is 18.1 Å². The second kappa shape index (κ2) is 7.25. The van der Waals surface area contributed by atoms with Crippen LogP contribution < -0.4 is 9.64 Å². The standard InChI is InChI=1S/C17H24FN3O4/c1-17(2,3)16(22)20-7-5-6-19(8-9-20)13-11-15(25-4)12(18)10-14(13)21(23)24/h10-11H,5-9H2,1-4H3. The lowest BCUT2D eigenvalue weighted by molar-refractivity contribution is -0.384. The van der Waals surface area contributed by atoms with Crippen LogP contribution in [0.2, 0.25) is 0 Å². The lowest BCUT2D eigenvalue weighted by Gasteiger charge is -2.28. The van der Waals surface area contributed by atoms with Crippen LogP contribution in [0, 0.1) is 21.3 Å². The first-order valence-electron chi connectivity index (χ1n) is 8.21. The van der Waals surface area contributed by atoms with Gasteiger partial charge in [-0.25, -0.2) is 4.39 Å². The smallest absolute Gasteiger partial charge is 0.295 e. The summed E-state index contributed by atoms with van der Waals surface area (Å²) in [4.78, 5) is 26.8. The van der Waals surface area contributed by atoms with Gasteiger partial charge in [0.15, 0.2) is 11.6 Å². The van der Waals surface area contributed by atoms with E-state index in [0.29, 0.717) is 38.3 Å². The molecule has 1 aliphatic rings. The molecule has 1 fully saturated rings. The molecule has 0 bridgehead atoms. The molecular formula is C17H24FN3O4. The molecule has 1 saturated heterocycles. The average Bonchev–Trinajstić information content (AvgIpc) is 2.78. The predicted molar refractivity (Wildman–Crippen MR) is 92.5 cm³/mol. The Kier molecular flexibility index (Phi) is 5.49. The Morgan fingerprint density at radius 1 is 1.24 bits per heavy atom. The Morgan fingerprint density at radius 2 is 1.92 bits per heavy atom. The third-order valence-electron chi connectivity index (χ3n) is 4.21. The van der Waals surface area contributed by atoms with Crippen LogP contribution in [0.1, 0.15) is 27.2 Å². The summed E-state index contributed by atoms with van der Waals surface area (Å²) in [6.45, 7) is 7.65. The minimum absolute atomic E-state index is 0.0347. The molecule has 0 radical (unpaired) electrons. The van der Waals surface area contributed by atoms with E-state index < -0.39 is 16.2 Å². The van der Waals surface area contributed by atoms with Crippen molar-refractivity contribution in [3.05, 3.63) is 28.1 Å². The lowest BCUT2D eigenvalue weighted by Crippen LogP contribution is -2.41. The fraction of sp³-hybridized carbons (Fsp3) is 0.588. The molecule has 0 aliphatic carbocycles. The molecule has 0 spiro atoms. The highest BCUT2D eigenvalue weighted by atomic mass is 19.1. The molecule has 25 heavy (non-hydrogen) atoms. The Bertz CT molecular complexity index is 673. The molecule has 1 aromatic rings. The van der Waals surface area contributed by atoms with E-state index in [-0.39, 0.29) is 17.3 Å². The van der Waals surface area contributed by atoms with Crippen LogP contribution in [-0.4, -0.2) is 49.0 Å². The highest BCUT2D eigenvalue weighted by Crippen LogP contribution is 2.35. The number of ether oxygens (including phenoxy) is 1. The molecule has 2 rings (SSSR count). The molecule has 1 aliphatic heterocycles. The van der Waals surface area contributed by atoms with E-state index in [0.717, 1.165) is 6.07 Å². The van der Waals surface area contributed by atoms with Crippen LogP contribution in [0.5, 0.6) is 5.75 Å². The van der Waals surface area contributed by atoms with Gasteiger partial charge in [-0.1, -0.05) is 20.8 Å². The monoisotopic (exact) mass is 353 g/mol. The van der Waals surface area contributed by atoms with Gasteiger partial charge in [-0.3, -0.25) is 14.9 Å². The summed E-state index contributed by atoms with van der Waals surface area (Å²) in [5, 5.41) is 11.3.